The van der Waals surface area contributed by atoms with Gasteiger partial charge in [0.15, 0.2) is 5.65 Å². The average molecular weight is 549 g/mol. The zero-order chi connectivity index (χ0) is 25.3. The summed E-state index contributed by atoms with van der Waals surface area (Å²) in [5.74, 6) is -3.58. The van der Waals surface area contributed by atoms with Crippen molar-refractivity contribution >= 4 is 69.5 Å². The smallest absolute Gasteiger partial charge is 0.287 e. The topological polar surface area (TPSA) is 131 Å². The molecule has 0 spiro atoms. The molecule has 0 aliphatic heterocycles. The fourth-order valence-corrected chi connectivity index (χ4v) is 4.98. The lowest BCUT2D eigenvalue weighted by molar-refractivity contribution is -0.122. The Labute approximate surface area is 214 Å². The number of hydrogen-bond acceptors (Lipinski definition) is 7. The van der Waals surface area contributed by atoms with Crippen molar-refractivity contribution in [2.24, 2.45) is 11.7 Å². The van der Waals surface area contributed by atoms with E-state index in [-0.39, 0.29) is 33.9 Å². The summed E-state index contributed by atoms with van der Waals surface area (Å²) >= 11 is 18.7. The van der Waals surface area contributed by atoms with Gasteiger partial charge in [-0.2, -0.15) is 4.98 Å². The van der Waals surface area contributed by atoms with Crippen molar-refractivity contribution in [3.05, 3.63) is 33.4 Å². The van der Waals surface area contributed by atoms with Crippen LogP contribution in [0.5, 0.6) is 0 Å². The van der Waals surface area contributed by atoms with Gasteiger partial charge in [-0.25, -0.2) is 18.7 Å². The summed E-state index contributed by atoms with van der Waals surface area (Å²) in [5, 5.41) is 15.3. The van der Waals surface area contributed by atoms with Crippen LogP contribution >= 0.6 is 34.8 Å². The van der Waals surface area contributed by atoms with Crippen molar-refractivity contribution in [3.63, 3.8) is 0 Å². The molecule has 1 aromatic carbocycles. The number of aliphatic hydroxyl groups is 1. The van der Waals surface area contributed by atoms with E-state index in [4.69, 9.17) is 45.6 Å². The fourth-order valence-electron chi connectivity index (χ4n) is 4.07. The number of halogens is 5. The third-order valence-electron chi connectivity index (χ3n) is 5.88. The molecule has 188 valence electrons. The number of carbonyl (C=O) groups is 1. The van der Waals surface area contributed by atoms with Crippen LogP contribution in [0.1, 0.15) is 31.7 Å². The Morgan fingerprint density at radius 2 is 1.83 bits per heavy atom. The van der Waals surface area contributed by atoms with Crippen molar-refractivity contribution < 1.29 is 18.7 Å². The molecule has 9 nitrogen and oxygen atoms in total. The minimum atomic E-state index is -3.33. The van der Waals surface area contributed by atoms with E-state index in [0.717, 1.165) is 0 Å². The van der Waals surface area contributed by atoms with Gasteiger partial charge < -0.3 is 21.5 Å². The fraction of sp³-hybridized carbons (Fsp3) is 0.429. The molecule has 0 unspecified atom stereocenters. The van der Waals surface area contributed by atoms with Crippen molar-refractivity contribution in [1.82, 2.24) is 19.5 Å². The van der Waals surface area contributed by atoms with Crippen LogP contribution in [-0.2, 0) is 4.79 Å². The van der Waals surface area contributed by atoms with Crippen LogP contribution in [0.4, 0.5) is 26.4 Å². The van der Waals surface area contributed by atoms with Gasteiger partial charge >= 0.3 is 0 Å². The van der Waals surface area contributed by atoms with E-state index in [1.54, 1.807) is 0 Å². The zero-order valence-corrected chi connectivity index (χ0v) is 20.5. The summed E-state index contributed by atoms with van der Waals surface area (Å²) in [6.45, 7) is -2.14. The summed E-state index contributed by atoms with van der Waals surface area (Å²) in [5.41, 5.74) is 6.66. The number of benzene rings is 1. The van der Waals surface area contributed by atoms with Gasteiger partial charge in [-0.05, 0) is 37.8 Å². The Balaban J connectivity index is 1.74. The SMILES string of the molecule is NC(=O)C1CCC(n2c(Nc3c(Cl)cc(Cl)cc3Cl)nc3cnc(NCC(F)(F)CO)nc32)CC1. The molecule has 0 radical (unpaired) electrons. The quantitative estimate of drug-likeness (QED) is 0.318. The molecule has 14 heteroatoms. The number of anilines is 3. The number of aromatic nitrogens is 4. The first-order chi connectivity index (χ1) is 16.6. The van der Waals surface area contributed by atoms with Crippen LogP contribution in [0, 0.1) is 5.92 Å². The maximum absolute atomic E-state index is 13.5. The number of rotatable bonds is 8. The summed E-state index contributed by atoms with van der Waals surface area (Å²) in [6.07, 6.45) is 3.81. The third kappa shape index (κ3) is 5.69. The predicted octanol–water partition coefficient (Wildman–Crippen LogP) is 4.79. The number of fused-ring (bicyclic) bond motifs is 1. The Hall–Kier alpha value is -2.47. The highest BCUT2D eigenvalue weighted by Gasteiger charge is 2.30. The number of imidazole rings is 1. The standard InChI is InChI=1S/C21H22Cl3F2N7O2/c22-11-5-13(23)16(14(24)6-11)31-20-30-15-7-28-19(29-8-21(25,26)9-34)32-18(15)33(20)12-3-1-10(2-4-12)17(27)35/h5-7,10,12,34H,1-4,8-9H2,(H2,27,35)(H,30,31)(H,28,29,32). The molecule has 1 amide bonds. The molecule has 4 rings (SSSR count). The number of amides is 1. The van der Waals surface area contributed by atoms with Crippen LogP contribution in [0.15, 0.2) is 18.3 Å². The van der Waals surface area contributed by atoms with Gasteiger partial charge in [-0.1, -0.05) is 34.8 Å². The van der Waals surface area contributed by atoms with Gasteiger partial charge in [0, 0.05) is 17.0 Å². The van der Waals surface area contributed by atoms with Crippen LogP contribution < -0.4 is 16.4 Å². The monoisotopic (exact) mass is 547 g/mol. The molecule has 0 atom stereocenters. The van der Waals surface area contributed by atoms with Crippen molar-refractivity contribution in [1.29, 1.82) is 0 Å². The molecular formula is C21H22Cl3F2N7O2. The molecule has 0 bridgehead atoms. The van der Waals surface area contributed by atoms with E-state index in [1.807, 2.05) is 4.57 Å². The van der Waals surface area contributed by atoms with Crippen LogP contribution in [0.25, 0.3) is 11.2 Å². The van der Waals surface area contributed by atoms with Crippen molar-refractivity contribution in [3.8, 4) is 0 Å². The molecule has 0 saturated heterocycles. The van der Waals surface area contributed by atoms with E-state index in [1.165, 1.54) is 18.3 Å². The molecule has 1 aliphatic carbocycles. The molecule has 1 saturated carbocycles. The lowest BCUT2D eigenvalue weighted by Gasteiger charge is -2.29. The van der Waals surface area contributed by atoms with Gasteiger partial charge in [0.25, 0.3) is 5.92 Å². The Morgan fingerprint density at radius 1 is 1.17 bits per heavy atom. The van der Waals surface area contributed by atoms with Crippen molar-refractivity contribution in [2.45, 2.75) is 37.6 Å². The number of carbonyl (C=O) groups excluding carboxylic acids is 1. The zero-order valence-electron chi connectivity index (χ0n) is 18.2. The second kappa shape index (κ2) is 10.3. The Bertz CT molecular complexity index is 1230. The van der Waals surface area contributed by atoms with E-state index in [9.17, 15) is 13.6 Å². The summed E-state index contributed by atoms with van der Waals surface area (Å²) in [7, 11) is 0. The molecule has 3 aromatic rings. The molecule has 2 heterocycles. The molecule has 35 heavy (non-hydrogen) atoms. The maximum atomic E-state index is 13.5. The Morgan fingerprint density at radius 3 is 2.43 bits per heavy atom. The first kappa shape index (κ1) is 25.6. The molecule has 2 aromatic heterocycles. The van der Waals surface area contributed by atoms with E-state index < -0.39 is 19.1 Å². The first-order valence-electron chi connectivity index (χ1n) is 10.8. The number of aliphatic hydroxyl groups excluding tert-OH is 1. The lowest BCUT2D eigenvalue weighted by Crippen LogP contribution is -2.31. The summed E-state index contributed by atoms with van der Waals surface area (Å²) in [4.78, 5) is 24.7. The largest absolute Gasteiger partial charge is 0.390 e. The first-order valence-corrected chi connectivity index (χ1v) is 11.9. The van der Waals surface area contributed by atoms with Crippen LogP contribution in [0.3, 0.4) is 0 Å². The highest BCUT2D eigenvalue weighted by molar-refractivity contribution is 6.41. The lowest BCUT2D eigenvalue weighted by atomic mass is 9.85. The highest BCUT2D eigenvalue weighted by Crippen LogP contribution is 2.40. The number of hydrogen-bond donors (Lipinski definition) is 4. The summed E-state index contributed by atoms with van der Waals surface area (Å²) < 4.78 is 28.8. The van der Waals surface area contributed by atoms with Gasteiger partial charge in [-0.15, -0.1) is 0 Å². The minimum Gasteiger partial charge on any atom is -0.390 e. The van der Waals surface area contributed by atoms with Crippen molar-refractivity contribution in [2.75, 3.05) is 23.8 Å². The van der Waals surface area contributed by atoms with Crippen LogP contribution in [0.2, 0.25) is 15.1 Å². The molecular weight excluding hydrogens is 527 g/mol. The van der Waals surface area contributed by atoms with Gasteiger partial charge in [-0.3, -0.25) is 9.36 Å². The summed E-state index contributed by atoms with van der Waals surface area (Å²) in [6, 6.07) is 2.95. The number of nitrogens with two attached hydrogens (primary N) is 1. The number of alkyl halides is 2. The number of nitrogens with zero attached hydrogens (tertiary/aromatic N) is 4. The third-order valence-corrected chi connectivity index (χ3v) is 6.69. The van der Waals surface area contributed by atoms with Crippen LogP contribution in [-0.4, -0.2) is 49.6 Å². The van der Waals surface area contributed by atoms with Gasteiger partial charge in [0.2, 0.25) is 17.8 Å². The normalized spacial score (nSPS) is 18.6. The van der Waals surface area contributed by atoms with E-state index >= 15 is 0 Å². The number of nitrogens with one attached hydrogen (secondary N) is 2. The minimum absolute atomic E-state index is 0.0493. The predicted molar refractivity (Wildman–Crippen MR) is 131 cm³/mol. The Kier molecular flexibility index (Phi) is 7.51. The number of primary amides is 1. The average Bonchev–Trinajstić information content (AvgIpc) is 3.17. The molecule has 1 aliphatic rings. The van der Waals surface area contributed by atoms with Gasteiger partial charge in [0.1, 0.15) is 12.1 Å². The second-order valence-electron chi connectivity index (χ2n) is 8.35. The molecule has 5 N–H and O–H groups in total. The maximum Gasteiger partial charge on any atom is 0.287 e. The van der Waals surface area contributed by atoms with E-state index in [0.29, 0.717) is 53.5 Å². The molecule has 1 fully saturated rings. The van der Waals surface area contributed by atoms with E-state index in [2.05, 4.69) is 25.6 Å². The van der Waals surface area contributed by atoms with Gasteiger partial charge in [0.05, 0.1) is 28.5 Å². The highest BCUT2D eigenvalue weighted by atomic mass is 35.5. The second-order valence-corrected chi connectivity index (χ2v) is 9.60.